The number of rotatable bonds is 4. The lowest BCUT2D eigenvalue weighted by molar-refractivity contribution is 0.584. The second kappa shape index (κ2) is 6.57. The predicted octanol–water partition coefficient (Wildman–Crippen LogP) is 3.30. The summed E-state index contributed by atoms with van der Waals surface area (Å²) in [6.07, 6.45) is 0. The van der Waals surface area contributed by atoms with Gasteiger partial charge in [0.2, 0.25) is 0 Å². The molecule has 21 heavy (non-hydrogen) atoms. The molecule has 0 spiro atoms. The predicted molar refractivity (Wildman–Crippen MR) is 92.9 cm³/mol. The number of benzene rings is 2. The van der Waals surface area contributed by atoms with Gasteiger partial charge in [0.15, 0.2) is 0 Å². The number of sulfonamides is 1. The van der Waals surface area contributed by atoms with E-state index in [0.717, 1.165) is 14.7 Å². The summed E-state index contributed by atoms with van der Waals surface area (Å²) in [5, 5.41) is 3.98. The van der Waals surface area contributed by atoms with Crippen LogP contribution in [0.1, 0.15) is 18.1 Å². The van der Waals surface area contributed by atoms with Gasteiger partial charge in [0.25, 0.3) is 10.0 Å². The highest BCUT2D eigenvalue weighted by Crippen LogP contribution is 2.11. The first-order valence-electron chi connectivity index (χ1n) is 6.27. The number of hydrogen-bond acceptors (Lipinski definition) is 3. The summed E-state index contributed by atoms with van der Waals surface area (Å²) in [6, 6.07) is 14.3. The molecular weight excluding hydrogens is 399 g/mol. The number of hydrazone groups is 1. The van der Waals surface area contributed by atoms with Crippen LogP contribution in [0.4, 0.5) is 0 Å². The Balaban J connectivity index is 2.21. The number of hydrogen-bond donors (Lipinski definition) is 1. The summed E-state index contributed by atoms with van der Waals surface area (Å²) in [4.78, 5) is 2.47. The van der Waals surface area contributed by atoms with Crippen LogP contribution in [0.15, 0.2) is 58.5 Å². The van der Waals surface area contributed by atoms with E-state index in [1.54, 1.807) is 31.2 Å². The molecule has 0 saturated carbocycles. The molecule has 1 N–H and O–H groups in total. The van der Waals surface area contributed by atoms with Crippen molar-refractivity contribution in [2.24, 2.45) is 5.10 Å². The molecule has 0 heterocycles. The molecule has 0 aromatic heterocycles. The van der Waals surface area contributed by atoms with Gasteiger partial charge in [-0.25, -0.2) is 0 Å². The Kier molecular flexibility index (Phi) is 5.00. The molecule has 0 aliphatic heterocycles. The van der Waals surface area contributed by atoms with Gasteiger partial charge in [0.1, 0.15) is 0 Å². The molecule has 0 radical (unpaired) electrons. The SMILES string of the molecule is CC(=NNS(=O)(=O)c1ccc(C)cc1)c1cccc(I)c1. The van der Waals surface area contributed by atoms with Gasteiger partial charge in [0.05, 0.1) is 10.6 Å². The van der Waals surface area contributed by atoms with Crippen molar-refractivity contribution >= 4 is 38.3 Å². The number of nitrogens with zero attached hydrogens (tertiary/aromatic N) is 1. The van der Waals surface area contributed by atoms with Crippen LogP contribution in [0.5, 0.6) is 0 Å². The molecule has 0 atom stereocenters. The fraction of sp³-hybridized carbons (Fsp3) is 0.133. The van der Waals surface area contributed by atoms with Crippen molar-refractivity contribution in [3.8, 4) is 0 Å². The summed E-state index contributed by atoms with van der Waals surface area (Å²) in [5.74, 6) is 0. The fourth-order valence-corrected chi connectivity index (χ4v) is 3.08. The first-order valence-corrected chi connectivity index (χ1v) is 8.83. The number of nitrogens with one attached hydrogen (secondary N) is 1. The average molecular weight is 414 g/mol. The largest absolute Gasteiger partial charge is 0.276 e. The molecule has 6 heteroatoms. The van der Waals surface area contributed by atoms with Gasteiger partial charge in [0, 0.05) is 3.57 Å². The molecule has 110 valence electrons. The molecule has 0 aliphatic rings. The third-order valence-electron chi connectivity index (χ3n) is 2.91. The first-order chi connectivity index (χ1) is 9.88. The van der Waals surface area contributed by atoms with Gasteiger partial charge in [-0.15, -0.1) is 0 Å². The van der Waals surface area contributed by atoms with Crippen LogP contribution in [0.2, 0.25) is 0 Å². The summed E-state index contributed by atoms with van der Waals surface area (Å²) in [7, 11) is -3.63. The van der Waals surface area contributed by atoms with Gasteiger partial charge < -0.3 is 0 Å². The molecule has 0 amide bonds. The Morgan fingerprint density at radius 3 is 2.43 bits per heavy atom. The monoisotopic (exact) mass is 414 g/mol. The van der Waals surface area contributed by atoms with E-state index in [1.807, 2.05) is 31.2 Å². The van der Waals surface area contributed by atoms with Gasteiger partial charge >= 0.3 is 0 Å². The van der Waals surface area contributed by atoms with E-state index in [0.29, 0.717) is 5.71 Å². The van der Waals surface area contributed by atoms with E-state index in [4.69, 9.17) is 0 Å². The molecule has 0 aliphatic carbocycles. The van der Waals surface area contributed by atoms with E-state index < -0.39 is 10.0 Å². The Bertz CT molecular complexity index is 769. The van der Waals surface area contributed by atoms with Gasteiger partial charge in [-0.2, -0.15) is 18.4 Å². The molecule has 2 aromatic rings. The Morgan fingerprint density at radius 1 is 1.14 bits per heavy atom. The summed E-state index contributed by atoms with van der Waals surface area (Å²) in [5.41, 5.74) is 2.50. The lowest BCUT2D eigenvalue weighted by atomic mass is 10.1. The Hall–Kier alpha value is -1.41. The molecular formula is C15H15IN2O2S. The Morgan fingerprint density at radius 2 is 1.81 bits per heavy atom. The van der Waals surface area contributed by atoms with Crippen molar-refractivity contribution in [1.82, 2.24) is 4.83 Å². The molecule has 2 aromatic carbocycles. The highest BCUT2D eigenvalue weighted by Gasteiger charge is 2.12. The third kappa shape index (κ3) is 4.28. The van der Waals surface area contributed by atoms with Crippen LogP contribution in [-0.2, 0) is 10.0 Å². The minimum absolute atomic E-state index is 0.201. The quantitative estimate of drug-likeness (QED) is 0.474. The fourth-order valence-electron chi connectivity index (χ4n) is 1.68. The van der Waals surface area contributed by atoms with Crippen LogP contribution in [0, 0.1) is 10.5 Å². The number of aryl methyl sites for hydroxylation is 1. The van der Waals surface area contributed by atoms with Crippen molar-refractivity contribution in [3.05, 3.63) is 63.2 Å². The topological polar surface area (TPSA) is 58.5 Å². The lowest BCUT2D eigenvalue weighted by Crippen LogP contribution is -2.20. The van der Waals surface area contributed by atoms with E-state index in [-0.39, 0.29) is 4.90 Å². The molecule has 4 nitrogen and oxygen atoms in total. The van der Waals surface area contributed by atoms with E-state index >= 15 is 0 Å². The zero-order valence-corrected chi connectivity index (χ0v) is 14.6. The molecule has 2 rings (SSSR count). The van der Waals surface area contributed by atoms with E-state index in [9.17, 15) is 8.42 Å². The van der Waals surface area contributed by atoms with Crippen molar-refractivity contribution in [1.29, 1.82) is 0 Å². The summed E-state index contributed by atoms with van der Waals surface area (Å²) >= 11 is 2.20. The molecule has 0 saturated heterocycles. The molecule has 0 unspecified atom stereocenters. The van der Waals surface area contributed by atoms with Crippen molar-refractivity contribution < 1.29 is 8.42 Å². The zero-order chi connectivity index (χ0) is 15.5. The zero-order valence-electron chi connectivity index (χ0n) is 11.7. The summed E-state index contributed by atoms with van der Waals surface area (Å²) < 4.78 is 25.3. The second-order valence-electron chi connectivity index (χ2n) is 4.62. The van der Waals surface area contributed by atoms with Gasteiger partial charge in [-0.05, 0) is 66.3 Å². The maximum atomic E-state index is 12.1. The van der Waals surface area contributed by atoms with Crippen LogP contribution >= 0.6 is 22.6 Å². The second-order valence-corrected chi connectivity index (χ2v) is 7.52. The normalized spacial score (nSPS) is 12.2. The van der Waals surface area contributed by atoms with E-state index in [1.165, 1.54) is 0 Å². The highest BCUT2D eigenvalue weighted by molar-refractivity contribution is 14.1. The van der Waals surface area contributed by atoms with Crippen LogP contribution in [0.25, 0.3) is 0 Å². The minimum Gasteiger partial charge on any atom is -0.200 e. The van der Waals surface area contributed by atoms with Crippen LogP contribution in [0.3, 0.4) is 0 Å². The smallest absolute Gasteiger partial charge is 0.200 e. The lowest BCUT2D eigenvalue weighted by Gasteiger charge is -2.06. The van der Waals surface area contributed by atoms with E-state index in [2.05, 4.69) is 32.5 Å². The third-order valence-corrected chi connectivity index (χ3v) is 4.80. The maximum absolute atomic E-state index is 12.1. The van der Waals surface area contributed by atoms with Crippen molar-refractivity contribution in [2.75, 3.05) is 0 Å². The molecule has 0 fully saturated rings. The molecule has 0 bridgehead atoms. The standard InChI is InChI=1S/C15H15IN2O2S/c1-11-6-8-15(9-7-11)21(19,20)18-17-12(2)13-4-3-5-14(16)10-13/h3-10,18H,1-2H3. The van der Waals surface area contributed by atoms with Gasteiger partial charge in [-0.1, -0.05) is 29.8 Å². The minimum atomic E-state index is -3.63. The average Bonchev–Trinajstić information content (AvgIpc) is 2.45. The Labute approximate surface area is 138 Å². The highest BCUT2D eigenvalue weighted by atomic mass is 127. The summed E-state index contributed by atoms with van der Waals surface area (Å²) in [6.45, 7) is 3.67. The van der Waals surface area contributed by atoms with Gasteiger partial charge in [-0.3, -0.25) is 0 Å². The van der Waals surface area contributed by atoms with Crippen LogP contribution in [-0.4, -0.2) is 14.1 Å². The van der Waals surface area contributed by atoms with Crippen molar-refractivity contribution in [2.45, 2.75) is 18.7 Å². The van der Waals surface area contributed by atoms with Crippen molar-refractivity contribution in [3.63, 3.8) is 0 Å². The number of halogens is 1. The first kappa shape index (κ1) is 16.0. The van der Waals surface area contributed by atoms with Crippen LogP contribution < -0.4 is 4.83 Å². The maximum Gasteiger partial charge on any atom is 0.276 e.